The van der Waals surface area contributed by atoms with E-state index >= 15 is 0 Å². The van der Waals surface area contributed by atoms with E-state index in [1.807, 2.05) is 54.6 Å². The SMILES string of the molecule is O=C(COCc1ccccc1)Nc1ccc(N2CCC(Cc3ccccc3)CC2)c(C(=O)NCc2cccnc2)c1. The number of amides is 2. The molecule has 3 aromatic carbocycles. The summed E-state index contributed by atoms with van der Waals surface area (Å²) < 4.78 is 5.58. The van der Waals surface area contributed by atoms with Crippen molar-refractivity contribution in [2.75, 3.05) is 29.9 Å². The predicted molar refractivity (Wildman–Crippen MR) is 162 cm³/mol. The van der Waals surface area contributed by atoms with Crippen molar-refractivity contribution in [2.24, 2.45) is 5.92 Å². The lowest BCUT2D eigenvalue weighted by atomic mass is 9.89. The fraction of sp³-hybridized carbons (Fsp3) is 0.265. The van der Waals surface area contributed by atoms with Crippen molar-refractivity contribution in [3.63, 3.8) is 0 Å². The minimum absolute atomic E-state index is 0.0753. The third-order valence-corrected chi connectivity index (χ3v) is 7.37. The Morgan fingerprint density at radius 3 is 2.27 bits per heavy atom. The van der Waals surface area contributed by atoms with Gasteiger partial charge >= 0.3 is 0 Å². The number of carbonyl (C=O) groups excluding carboxylic acids is 2. The Morgan fingerprint density at radius 1 is 0.854 bits per heavy atom. The molecule has 0 spiro atoms. The predicted octanol–water partition coefficient (Wildman–Crippen LogP) is 5.63. The number of benzene rings is 3. The molecule has 7 nitrogen and oxygen atoms in total. The largest absolute Gasteiger partial charge is 0.371 e. The highest BCUT2D eigenvalue weighted by atomic mass is 16.5. The molecular formula is C34H36N4O3. The number of hydrogen-bond acceptors (Lipinski definition) is 5. The maximum absolute atomic E-state index is 13.5. The van der Waals surface area contributed by atoms with Gasteiger partial charge in [-0.25, -0.2) is 0 Å². The first-order valence-electron chi connectivity index (χ1n) is 14.2. The Hall–Kier alpha value is -4.49. The van der Waals surface area contributed by atoms with E-state index in [1.165, 1.54) is 5.56 Å². The number of rotatable bonds is 11. The summed E-state index contributed by atoms with van der Waals surface area (Å²) in [6.45, 7) is 2.40. The smallest absolute Gasteiger partial charge is 0.253 e. The van der Waals surface area contributed by atoms with Gasteiger partial charge in [-0.1, -0.05) is 66.7 Å². The molecule has 41 heavy (non-hydrogen) atoms. The standard InChI is InChI=1S/C34H36N4O3/c39-33(25-41-24-28-10-5-2-6-11-28)37-30-13-14-32(31(21-30)34(40)36-23-29-12-7-17-35-22-29)38-18-15-27(16-19-38)20-26-8-3-1-4-9-26/h1-14,17,21-22,27H,15-16,18-20,23-25H2,(H,36,40)(H,37,39). The van der Waals surface area contributed by atoms with E-state index in [0.717, 1.165) is 49.2 Å². The van der Waals surface area contributed by atoms with Crippen LogP contribution < -0.4 is 15.5 Å². The average Bonchev–Trinajstić information content (AvgIpc) is 3.02. The molecular weight excluding hydrogens is 512 g/mol. The molecule has 1 saturated heterocycles. The number of nitrogens with zero attached hydrogens (tertiary/aromatic N) is 2. The number of piperidine rings is 1. The van der Waals surface area contributed by atoms with Crippen LogP contribution in [0, 0.1) is 5.92 Å². The van der Waals surface area contributed by atoms with Crippen LogP contribution in [-0.2, 0) is 29.1 Å². The lowest BCUT2D eigenvalue weighted by Crippen LogP contribution is -2.36. The van der Waals surface area contributed by atoms with Gasteiger partial charge < -0.3 is 20.3 Å². The zero-order valence-electron chi connectivity index (χ0n) is 23.2. The van der Waals surface area contributed by atoms with E-state index in [1.54, 1.807) is 18.5 Å². The van der Waals surface area contributed by atoms with Gasteiger partial charge in [0.2, 0.25) is 5.91 Å². The lowest BCUT2D eigenvalue weighted by Gasteiger charge is -2.35. The van der Waals surface area contributed by atoms with Crippen LogP contribution in [0.2, 0.25) is 0 Å². The van der Waals surface area contributed by atoms with Gasteiger partial charge in [0.1, 0.15) is 6.61 Å². The molecule has 1 aromatic heterocycles. The van der Waals surface area contributed by atoms with Crippen molar-refractivity contribution in [1.82, 2.24) is 10.3 Å². The zero-order chi connectivity index (χ0) is 28.3. The molecule has 2 amide bonds. The van der Waals surface area contributed by atoms with Crippen molar-refractivity contribution < 1.29 is 14.3 Å². The number of anilines is 2. The number of hydrogen-bond donors (Lipinski definition) is 2. The third-order valence-electron chi connectivity index (χ3n) is 7.37. The van der Waals surface area contributed by atoms with Crippen LogP contribution in [0.1, 0.15) is 39.9 Å². The summed E-state index contributed by atoms with van der Waals surface area (Å²) in [4.78, 5) is 32.5. The second-order valence-electron chi connectivity index (χ2n) is 10.4. The van der Waals surface area contributed by atoms with Gasteiger partial charge in [0, 0.05) is 43.4 Å². The van der Waals surface area contributed by atoms with Crippen LogP contribution in [0.15, 0.2) is 103 Å². The summed E-state index contributed by atoms with van der Waals surface area (Å²) >= 11 is 0. The fourth-order valence-corrected chi connectivity index (χ4v) is 5.21. The molecule has 0 radical (unpaired) electrons. The topological polar surface area (TPSA) is 83.6 Å². The lowest BCUT2D eigenvalue weighted by molar-refractivity contribution is -0.121. The molecule has 1 aliphatic rings. The van der Waals surface area contributed by atoms with Crippen LogP contribution >= 0.6 is 0 Å². The van der Waals surface area contributed by atoms with E-state index in [-0.39, 0.29) is 18.4 Å². The van der Waals surface area contributed by atoms with Crippen molar-refractivity contribution in [1.29, 1.82) is 0 Å². The maximum atomic E-state index is 13.5. The molecule has 4 aromatic rings. The maximum Gasteiger partial charge on any atom is 0.253 e. The molecule has 0 aliphatic carbocycles. The van der Waals surface area contributed by atoms with E-state index in [9.17, 15) is 9.59 Å². The molecule has 0 unspecified atom stereocenters. The minimum atomic E-state index is -0.267. The highest BCUT2D eigenvalue weighted by Crippen LogP contribution is 2.30. The summed E-state index contributed by atoms with van der Waals surface area (Å²) in [7, 11) is 0. The molecule has 210 valence electrons. The minimum Gasteiger partial charge on any atom is -0.371 e. The van der Waals surface area contributed by atoms with E-state index in [2.05, 4.69) is 50.8 Å². The molecule has 0 bridgehead atoms. The van der Waals surface area contributed by atoms with Gasteiger partial charge in [0.15, 0.2) is 0 Å². The normalized spacial score (nSPS) is 13.5. The van der Waals surface area contributed by atoms with Crippen LogP contribution in [0.4, 0.5) is 11.4 Å². The number of aromatic nitrogens is 1. The number of nitrogens with one attached hydrogen (secondary N) is 2. The molecule has 0 atom stereocenters. The molecule has 1 fully saturated rings. The summed E-state index contributed by atoms with van der Waals surface area (Å²) in [5.41, 5.74) is 5.28. The van der Waals surface area contributed by atoms with Crippen molar-refractivity contribution in [3.05, 3.63) is 126 Å². The number of pyridine rings is 1. The van der Waals surface area contributed by atoms with Gasteiger partial charge in [-0.15, -0.1) is 0 Å². The van der Waals surface area contributed by atoms with E-state index in [4.69, 9.17) is 4.74 Å². The van der Waals surface area contributed by atoms with Crippen molar-refractivity contribution in [2.45, 2.75) is 32.4 Å². The Labute approximate surface area is 241 Å². The van der Waals surface area contributed by atoms with Crippen molar-refractivity contribution in [3.8, 4) is 0 Å². The summed E-state index contributed by atoms with van der Waals surface area (Å²) in [6, 6.07) is 29.7. The van der Waals surface area contributed by atoms with Crippen LogP contribution in [0.25, 0.3) is 0 Å². The average molecular weight is 549 g/mol. The quantitative estimate of drug-likeness (QED) is 0.254. The van der Waals surface area contributed by atoms with E-state index in [0.29, 0.717) is 30.3 Å². The Kier molecular flexibility index (Phi) is 9.74. The first-order chi connectivity index (χ1) is 20.1. The molecule has 2 heterocycles. The highest BCUT2D eigenvalue weighted by Gasteiger charge is 2.24. The summed E-state index contributed by atoms with van der Waals surface area (Å²) in [5.74, 6) is 0.162. The molecule has 2 N–H and O–H groups in total. The summed E-state index contributed by atoms with van der Waals surface area (Å²) in [5, 5.41) is 5.92. The summed E-state index contributed by atoms with van der Waals surface area (Å²) in [6.07, 6.45) is 6.64. The molecule has 7 heteroatoms. The Balaban J connectivity index is 1.25. The van der Waals surface area contributed by atoms with Crippen LogP contribution in [0.3, 0.4) is 0 Å². The highest BCUT2D eigenvalue weighted by molar-refractivity contribution is 6.02. The molecule has 1 aliphatic heterocycles. The van der Waals surface area contributed by atoms with Gasteiger partial charge in [-0.2, -0.15) is 0 Å². The fourth-order valence-electron chi connectivity index (χ4n) is 5.21. The zero-order valence-corrected chi connectivity index (χ0v) is 23.2. The first-order valence-corrected chi connectivity index (χ1v) is 14.2. The third kappa shape index (κ3) is 8.25. The second-order valence-corrected chi connectivity index (χ2v) is 10.4. The van der Waals surface area contributed by atoms with Crippen LogP contribution in [-0.4, -0.2) is 36.5 Å². The molecule has 5 rings (SSSR count). The van der Waals surface area contributed by atoms with Gasteiger partial charge in [-0.3, -0.25) is 14.6 Å². The monoisotopic (exact) mass is 548 g/mol. The van der Waals surface area contributed by atoms with Gasteiger partial charge in [0.25, 0.3) is 5.91 Å². The van der Waals surface area contributed by atoms with E-state index < -0.39 is 0 Å². The Bertz CT molecular complexity index is 1410. The van der Waals surface area contributed by atoms with Gasteiger partial charge in [-0.05, 0) is 66.1 Å². The van der Waals surface area contributed by atoms with Gasteiger partial charge in [0.05, 0.1) is 12.2 Å². The molecule has 0 saturated carbocycles. The first kappa shape index (κ1) is 28.1. The number of ether oxygens (including phenoxy) is 1. The number of carbonyl (C=O) groups is 2. The van der Waals surface area contributed by atoms with Crippen LogP contribution in [0.5, 0.6) is 0 Å². The van der Waals surface area contributed by atoms with Crippen molar-refractivity contribution >= 4 is 23.2 Å². The second kappa shape index (κ2) is 14.2. The Morgan fingerprint density at radius 2 is 1.56 bits per heavy atom.